The van der Waals surface area contributed by atoms with Crippen LogP contribution in [-0.2, 0) is 4.79 Å². The van der Waals surface area contributed by atoms with Crippen LogP contribution < -0.4 is 0 Å². The van der Waals surface area contributed by atoms with Crippen molar-refractivity contribution in [1.29, 1.82) is 0 Å². The third kappa shape index (κ3) is 7.64. The number of allylic oxidation sites excluding steroid dienone is 3. The Balaban J connectivity index is 2.35. The Bertz CT molecular complexity index is 528. The molecule has 0 saturated heterocycles. The molecule has 0 aromatic rings. The fraction of sp³-hybridized carbons (Fsp3) is 0.611. The predicted octanol–water partition coefficient (Wildman–Crippen LogP) is 4.18. The van der Waals surface area contributed by atoms with Crippen molar-refractivity contribution in [3.8, 4) is 11.8 Å². The molecular weight excluding hydrogens is 292 g/mol. The van der Waals surface area contributed by atoms with Gasteiger partial charge in [-0.2, -0.15) is 9.81 Å². The van der Waals surface area contributed by atoms with Gasteiger partial charge in [0.2, 0.25) is 0 Å². The summed E-state index contributed by atoms with van der Waals surface area (Å²) in [5, 5.41) is 6.22. The molecule has 0 unspecified atom stereocenters. The van der Waals surface area contributed by atoms with Crippen LogP contribution >= 0.6 is 0 Å². The van der Waals surface area contributed by atoms with Gasteiger partial charge in [-0.05, 0) is 44.9 Å². The first-order chi connectivity index (χ1) is 11.1. The summed E-state index contributed by atoms with van der Waals surface area (Å²) < 4.78 is 0. The molecule has 1 saturated carbocycles. The van der Waals surface area contributed by atoms with Crippen LogP contribution in [0.4, 0.5) is 0 Å². The van der Waals surface area contributed by atoms with Crippen molar-refractivity contribution < 1.29 is 4.79 Å². The summed E-state index contributed by atoms with van der Waals surface area (Å²) in [4.78, 5) is 32.5. The molecule has 23 heavy (non-hydrogen) atoms. The number of carbonyl (C=O) groups is 1. The van der Waals surface area contributed by atoms with Gasteiger partial charge in [-0.15, -0.1) is 11.8 Å². The molecule has 0 spiro atoms. The molecule has 0 bridgehead atoms. The standard InChI is InChI=1S/C18H24N2O3/c1-3-4-10-16(19-22)11-6-5-9-15-13-17(15)18(20-23)12-7-8-14(2)21/h5-6,9,11,15-18H,7-8,10,12-13H2,1-2H3/b9-5+,11-6+/t15-,16-,17+,18+/m1/s1. The van der Waals surface area contributed by atoms with Crippen molar-refractivity contribution in [2.24, 2.45) is 22.2 Å². The number of nitrogens with zero attached hydrogens (tertiary/aromatic N) is 2. The molecule has 0 amide bonds. The zero-order valence-electron chi connectivity index (χ0n) is 13.8. The third-order valence-electron chi connectivity index (χ3n) is 3.98. The fourth-order valence-electron chi connectivity index (χ4n) is 2.55. The first-order valence-electron chi connectivity index (χ1n) is 8.01. The summed E-state index contributed by atoms with van der Waals surface area (Å²) in [6, 6.07) is -0.615. The average Bonchev–Trinajstić information content (AvgIpc) is 3.30. The molecule has 0 N–H and O–H groups in total. The lowest BCUT2D eigenvalue weighted by molar-refractivity contribution is -0.117. The van der Waals surface area contributed by atoms with Gasteiger partial charge in [0, 0.05) is 12.8 Å². The van der Waals surface area contributed by atoms with Gasteiger partial charge in [0.25, 0.3) is 0 Å². The van der Waals surface area contributed by atoms with Gasteiger partial charge in [0.05, 0.1) is 6.04 Å². The summed E-state index contributed by atoms with van der Waals surface area (Å²) in [6.45, 7) is 3.29. The normalized spacial score (nSPS) is 22.3. The van der Waals surface area contributed by atoms with E-state index in [0.29, 0.717) is 25.2 Å². The highest BCUT2D eigenvalue weighted by Crippen LogP contribution is 2.44. The molecule has 1 rings (SSSR count). The number of rotatable bonds is 11. The lowest BCUT2D eigenvalue weighted by Gasteiger charge is -2.06. The Kier molecular flexibility index (Phi) is 8.74. The van der Waals surface area contributed by atoms with Crippen molar-refractivity contribution >= 4 is 5.78 Å². The van der Waals surface area contributed by atoms with Crippen molar-refractivity contribution in [2.45, 2.75) is 58.0 Å². The van der Waals surface area contributed by atoms with Crippen LogP contribution in [0, 0.1) is 33.5 Å². The van der Waals surface area contributed by atoms with E-state index in [1.165, 1.54) is 0 Å². The summed E-state index contributed by atoms with van der Waals surface area (Å²) in [5.41, 5.74) is 0. The monoisotopic (exact) mass is 316 g/mol. The summed E-state index contributed by atoms with van der Waals surface area (Å²) in [5.74, 6) is 6.36. The number of nitroso groups, excluding NO2 is 2. The van der Waals surface area contributed by atoms with Crippen LogP contribution in [0.2, 0.25) is 0 Å². The lowest BCUT2D eigenvalue weighted by atomic mass is 10.0. The highest BCUT2D eigenvalue weighted by atomic mass is 16.3. The van der Waals surface area contributed by atoms with E-state index in [1.807, 2.05) is 12.2 Å². The average molecular weight is 316 g/mol. The highest BCUT2D eigenvalue weighted by Gasteiger charge is 2.41. The first-order valence-corrected chi connectivity index (χ1v) is 8.01. The maximum absolute atomic E-state index is 10.9. The van der Waals surface area contributed by atoms with E-state index in [-0.39, 0.29) is 17.7 Å². The largest absolute Gasteiger partial charge is 0.300 e. The topological polar surface area (TPSA) is 75.9 Å². The number of Topliss-reactive ketones (excluding diaryl/α,β-unsaturated/α-hetero) is 1. The SMILES string of the molecule is CC#CC[C@H](/C=C/C=C/[C@@H]1C[C@@H]1[C@H](CCCC(C)=O)N=O)N=O. The maximum Gasteiger partial charge on any atom is 0.129 e. The number of ketones is 1. The molecule has 0 radical (unpaired) electrons. The van der Waals surface area contributed by atoms with Gasteiger partial charge < -0.3 is 4.79 Å². The Morgan fingerprint density at radius 2 is 2.09 bits per heavy atom. The minimum Gasteiger partial charge on any atom is -0.300 e. The van der Waals surface area contributed by atoms with E-state index in [1.54, 1.807) is 26.0 Å². The van der Waals surface area contributed by atoms with Crippen molar-refractivity contribution in [3.05, 3.63) is 34.1 Å². The summed E-state index contributed by atoms with van der Waals surface area (Å²) >= 11 is 0. The van der Waals surface area contributed by atoms with E-state index in [0.717, 1.165) is 12.8 Å². The molecular formula is C18H24N2O3. The molecule has 4 atom stereocenters. The molecule has 1 aliphatic rings. The van der Waals surface area contributed by atoms with E-state index in [2.05, 4.69) is 22.2 Å². The first kappa shape index (κ1) is 19.0. The molecule has 5 nitrogen and oxygen atoms in total. The number of hydrogen-bond donors (Lipinski definition) is 0. The molecule has 124 valence electrons. The zero-order chi connectivity index (χ0) is 17.1. The molecule has 5 heteroatoms. The molecule has 0 heterocycles. The predicted molar refractivity (Wildman–Crippen MR) is 91.6 cm³/mol. The van der Waals surface area contributed by atoms with Crippen LogP contribution in [0.25, 0.3) is 0 Å². The van der Waals surface area contributed by atoms with Crippen LogP contribution in [0.5, 0.6) is 0 Å². The fourth-order valence-corrected chi connectivity index (χ4v) is 2.55. The van der Waals surface area contributed by atoms with Gasteiger partial charge in [-0.1, -0.05) is 34.7 Å². The van der Waals surface area contributed by atoms with Crippen LogP contribution in [0.3, 0.4) is 0 Å². The number of carbonyl (C=O) groups excluding carboxylic acids is 1. The minimum atomic E-state index is -0.418. The lowest BCUT2D eigenvalue weighted by Crippen LogP contribution is -2.08. The third-order valence-corrected chi connectivity index (χ3v) is 3.98. The Labute approximate surface area is 137 Å². The van der Waals surface area contributed by atoms with Gasteiger partial charge in [0.15, 0.2) is 0 Å². The highest BCUT2D eigenvalue weighted by molar-refractivity contribution is 5.75. The molecule has 0 aromatic heterocycles. The molecule has 1 aliphatic carbocycles. The van der Waals surface area contributed by atoms with Crippen LogP contribution in [0.1, 0.15) is 46.0 Å². The van der Waals surface area contributed by atoms with Crippen LogP contribution in [0.15, 0.2) is 34.7 Å². The molecule has 0 aromatic carbocycles. The second-order valence-electron chi connectivity index (χ2n) is 5.90. The number of hydrogen-bond acceptors (Lipinski definition) is 5. The Morgan fingerprint density at radius 1 is 1.30 bits per heavy atom. The van der Waals surface area contributed by atoms with Gasteiger partial charge in [-0.3, -0.25) is 0 Å². The van der Waals surface area contributed by atoms with Crippen LogP contribution in [-0.4, -0.2) is 17.9 Å². The van der Waals surface area contributed by atoms with Crippen molar-refractivity contribution in [1.82, 2.24) is 0 Å². The van der Waals surface area contributed by atoms with E-state index in [4.69, 9.17) is 0 Å². The van der Waals surface area contributed by atoms with Crippen molar-refractivity contribution in [3.63, 3.8) is 0 Å². The summed E-state index contributed by atoms with van der Waals surface area (Å²) in [6.07, 6.45) is 10.8. The minimum absolute atomic E-state index is 0.151. The Morgan fingerprint density at radius 3 is 2.70 bits per heavy atom. The van der Waals surface area contributed by atoms with E-state index in [9.17, 15) is 14.6 Å². The quantitative estimate of drug-likeness (QED) is 0.326. The van der Waals surface area contributed by atoms with Crippen molar-refractivity contribution in [2.75, 3.05) is 0 Å². The summed E-state index contributed by atoms with van der Waals surface area (Å²) in [7, 11) is 0. The Hall–Kier alpha value is -2.09. The van der Waals surface area contributed by atoms with E-state index < -0.39 is 6.04 Å². The molecule has 0 aliphatic heterocycles. The maximum atomic E-state index is 10.9. The smallest absolute Gasteiger partial charge is 0.129 e. The van der Waals surface area contributed by atoms with Gasteiger partial charge in [-0.25, -0.2) is 0 Å². The molecule has 1 fully saturated rings. The van der Waals surface area contributed by atoms with Gasteiger partial charge in [0.1, 0.15) is 11.8 Å². The van der Waals surface area contributed by atoms with E-state index >= 15 is 0 Å². The second-order valence-corrected chi connectivity index (χ2v) is 5.90. The second kappa shape index (κ2) is 10.6. The van der Waals surface area contributed by atoms with Gasteiger partial charge >= 0.3 is 0 Å². The zero-order valence-corrected chi connectivity index (χ0v) is 13.8.